The standard InChI is InChI=1S/C14H14ClFN2/c1-9-3-4-10(7-13(9)16)14(17-2)11-5-6-18-8-12(11)15/h3-8,14,17H,1-2H3. The van der Waals surface area contributed by atoms with Gasteiger partial charge in [0.05, 0.1) is 11.1 Å². The van der Waals surface area contributed by atoms with Gasteiger partial charge in [-0.15, -0.1) is 0 Å². The maximum absolute atomic E-state index is 13.6. The van der Waals surface area contributed by atoms with Crippen LogP contribution in [0.4, 0.5) is 4.39 Å². The van der Waals surface area contributed by atoms with Gasteiger partial charge in [0.15, 0.2) is 0 Å². The van der Waals surface area contributed by atoms with Crippen molar-refractivity contribution in [3.63, 3.8) is 0 Å². The van der Waals surface area contributed by atoms with Crippen LogP contribution in [0.1, 0.15) is 22.7 Å². The maximum atomic E-state index is 13.6. The summed E-state index contributed by atoms with van der Waals surface area (Å²) in [5.74, 6) is -0.210. The van der Waals surface area contributed by atoms with E-state index in [1.165, 1.54) is 6.07 Å². The normalized spacial score (nSPS) is 12.4. The van der Waals surface area contributed by atoms with Crippen molar-refractivity contribution in [2.75, 3.05) is 7.05 Å². The molecule has 1 aromatic carbocycles. The molecule has 0 fully saturated rings. The molecule has 0 spiro atoms. The fraction of sp³-hybridized carbons (Fsp3) is 0.214. The van der Waals surface area contributed by atoms with Gasteiger partial charge in [0.2, 0.25) is 0 Å². The van der Waals surface area contributed by atoms with E-state index in [2.05, 4.69) is 10.3 Å². The Bertz CT molecular complexity index is 557. The van der Waals surface area contributed by atoms with Crippen LogP contribution >= 0.6 is 11.6 Å². The molecule has 2 nitrogen and oxygen atoms in total. The summed E-state index contributed by atoms with van der Waals surface area (Å²) < 4.78 is 13.6. The average molecular weight is 265 g/mol. The molecule has 1 unspecified atom stereocenters. The lowest BCUT2D eigenvalue weighted by Crippen LogP contribution is -2.18. The fourth-order valence-electron chi connectivity index (χ4n) is 1.91. The number of hydrogen-bond donors (Lipinski definition) is 1. The van der Waals surface area contributed by atoms with Crippen molar-refractivity contribution < 1.29 is 4.39 Å². The van der Waals surface area contributed by atoms with Crippen molar-refractivity contribution >= 4 is 11.6 Å². The Labute approximate surface area is 111 Å². The minimum atomic E-state index is -0.210. The number of aryl methyl sites for hydroxylation is 1. The molecule has 1 aromatic heterocycles. The van der Waals surface area contributed by atoms with E-state index in [0.29, 0.717) is 10.6 Å². The second-order valence-corrected chi connectivity index (χ2v) is 4.53. The number of halogens is 2. The van der Waals surface area contributed by atoms with Crippen LogP contribution in [0, 0.1) is 12.7 Å². The molecule has 0 bridgehead atoms. The Morgan fingerprint density at radius 3 is 2.72 bits per heavy atom. The highest BCUT2D eigenvalue weighted by Gasteiger charge is 2.16. The van der Waals surface area contributed by atoms with Crippen LogP contribution in [0.2, 0.25) is 5.02 Å². The summed E-state index contributed by atoms with van der Waals surface area (Å²) in [6, 6.07) is 6.89. The molecule has 1 N–H and O–H groups in total. The first-order valence-electron chi connectivity index (χ1n) is 5.66. The van der Waals surface area contributed by atoms with Gasteiger partial charge >= 0.3 is 0 Å². The molecule has 0 amide bonds. The van der Waals surface area contributed by atoms with Crippen LogP contribution in [0.5, 0.6) is 0 Å². The molecule has 0 aliphatic heterocycles. The third-order valence-corrected chi connectivity index (χ3v) is 3.25. The van der Waals surface area contributed by atoms with Gasteiger partial charge in [-0.2, -0.15) is 0 Å². The Morgan fingerprint density at radius 2 is 2.11 bits per heavy atom. The van der Waals surface area contributed by atoms with Crippen LogP contribution in [0.3, 0.4) is 0 Å². The second kappa shape index (κ2) is 5.46. The number of nitrogens with one attached hydrogen (secondary N) is 1. The molecule has 0 aliphatic rings. The van der Waals surface area contributed by atoms with E-state index in [1.54, 1.807) is 25.4 Å². The zero-order valence-electron chi connectivity index (χ0n) is 10.2. The lowest BCUT2D eigenvalue weighted by atomic mass is 9.98. The number of pyridine rings is 1. The molecule has 1 heterocycles. The molecular formula is C14H14ClFN2. The first-order valence-corrected chi connectivity index (χ1v) is 6.04. The van der Waals surface area contributed by atoms with Crippen molar-refractivity contribution in [1.29, 1.82) is 0 Å². The van der Waals surface area contributed by atoms with Crippen LogP contribution in [-0.4, -0.2) is 12.0 Å². The van der Waals surface area contributed by atoms with Crippen molar-refractivity contribution in [3.05, 3.63) is 64.2 Å². The summed E-state index contributed by atoms with van der Waals surface area (Å²) in [5.41, 5.74) is 2.36. The highest BCUT2D eigenvalue weighted by atomic mass is 35.5. The smallest absolute Gasteiger partial charge is 0.126 e. The summed E-state index contributed by atoms with van der Waals surface area (Å²) in [6.07, 6.45) is 3.27. The first-order chi connectivity index (χ1) is 8.63. The third kappa shape index (κ3) is 2.52. The van der Waals surface area contributed by atoms with Gasteiger partial charge in [0.25, 0.3) is 0 Å². The number of hydrogen-bond acceptors (Lipinski definition) is 2. The molecule has 2 aromatic rings. The summed E-state index contributed by atoms with van der Waals surface area (Å²) in [5, 5.41) is 3.71. The quantitative estimate of drug-likeness (QED) is 0.918. The van der Waals surface area contributed by atoms with Gasteiger partial charge in [-0.1, -0.05) is 23.7 Å². The number of aromatic nitrogens is 1. The molecule has 18 heavy (non-hydrogen) atoms. The van der Waals surface area contributed by atoms with Gasteiger partial charge in [-0.3, -0.25) is 4.98 Å². The van der Waals surface area contributed by atoms with Crippen molar-refractivity contribution in [3.8, 4) is 0 Å². The van der Waals surface area contributed by atoms with Gasteiger partial charge in [0.1, 0.15) is 5.82 Å². The molecule has 0 aliphatic carbocycles. The van der Waals surface area contributed by atoms with Crippen LogP contribution in [0.25, 0.3) is 0 Å². The molecule has 0 radical (unpaired) electrons. The fourth-order valence-corrected chi connectivity index (χ4v) is 2.14. The predicted octanol–water partition coefficient (Wildman–Crippen LogP) is 3.49. The molecular weight excluding hydrogens is 251 g/mol. The van der Waals surface area contributed by atoms with E-state index >= 15 is 0 Å². The van der Waals surface area contributed by atoms with Gasteiger partial charge in [0, 0.05) is 12.4 Å². The molecule has 0 saturated heterocycles. The maximum Gasteiger partial charge on any atom is 0.126 e. The molecule has 4 heteroatoms. The van der Waals surface area contributed by atoms with Crippen LogP contribution < -0.4 is 5.32 Å². The summed E-state index contributed by atoms with van der Waals surface area (Å²) >= 11 is 6.12. The Kier molecular flexibility index (Phi) is 3.94. The SMILES string of the molecule is CNC(c1ccc(C)c(F)c1)c1ccncc1Cl. The van der Waals surface area contributed by atoms with Crippen molar-refractivity contribution in [1.82, 2.24) is 10.3 Å². The lowest BCUT2D eigenvalue weighted by Gasteiger charge is -2.18. The number of benzene rings is 1. The highest BCUT2D eigenvalue weighted by molar-refractivity contribution is 6.31. The minimum absolute atomic E-state index is 0.143. The Morgan fingerprint density at radius 1 is 1.33 bits per heavy atom. The summed E-state index contributed by atoms with van der Waals surface area (Å²) in [6.45, 7) is 1.74. The largest absolute Gasteiger partial charge is 0.309 e. The highest BCUT2D eigenvalue weighted by Crippen LogP contribution is 2.28. The van der Waals surface area contributed by atoms with Gasteiger partial charge in [-0.25, -0.2) is 4.39 Å². The van der Waals surface area contributed by atoms with Gasteiger partial charge in [-0.05, 0) is 42.8 Å². The Balaban J connectivity index is 2.45. The number of rotatable bonds is 3. The topological polar surface area (TPSA) is 24.9 Å². The zero-order chi connectivity index (χ0) is 13.1. The monoisotopic (exact) mass is 264 g/mol. The second-order valence-electron chi connectivity index (χ2n) is 4.13. The average Bonchev–Trinajstić information content (AvgIpc) is 2.37. The van der Waals surface area contributed by atoms with Crippen molar-refractivity contribution in [2.24, 2.45) is 0 Å². The molecule has 2 rings (SSSR count). The van der Waals surface area contributed by atoms with E-state index in [9.17, 15) is 4.39 Å². The summed E-state index contributed by atoms with van der Waals surface area (Å²) in [4.78, 5) is 3.95. The van der Waals surface area contributed by atoms with Crippen LogP contribution in [0.15, 0.2) is 36.7 Å². The zero-order valence-corrected chi connectivity index (χ0v) is 11.0. The minimum Gasteiger partial charge on any atom is -0.309 e. The predicted molar refractivity (Wildman–Crippen MR) is 71.3 cm³/mol. The Hall–Kier alpha value is -1.45. The van der Waals surface area contributed by atoms with E-state index in [-0.39, 0.29) is 11.9 Å². The lowest BCUT2D eigenvalue weighted by molar-refractivity contribution is 0.608. The van der Waals surface area contributed by atoms with Crippen molar-refractivity contribution in [2.45, 2.75) is 13.0 Å². The molecule has 94 valence electrons. The summed E-state index contributed by atoms with van der Waals surface area (Å²) in [7, 11) is 1.82. The van der Waals surface area contributed by atoms with Crippen LogP contribution in [-0.2, 0) is 0 Å². The third-order valence-electron chi connectivity index (χ3n) is 2.93. The number of nitrogens with zero attached hydrogens (tertiary/aromatic N) is 1. The first kappa shape index (κ1) is 13.0. The molecule has 0 saturated carbocycles. The van der Waals surface area contributed by atoms with E-state index < -0.39 is 0 Å². The van der Waals surface area contributed by atoms with E-state index in [0.717, 1.165) is 11.1 Å². The van der Waals surface area contributed by atoms with E-state index in [1.807, 2.05) is 19.2 Å². The van der Waals surface area contributed by atoms with E-state index in [4.69, 9.17) is 11.6 Å². The molecule has 1 atom stereocenters. The van der Waals surface area contributed by atoms with Gasteiger partial charge < -0.3 is 5.32 Å².